The third kappa shape index (κ3) is 14.2. The zero-order valence-corrected chi connectivity index (χ0v) is 17.1. The molecule has 0 fully saturated rings. The van der Waals surface area contributed by atoms with Crippen LogP contribution in [0.2, 0.25) is 6.04 Å². The Morgan fingerprint density at radius 1 is 0.769 bits per heavy atom. The van der Waals surface area contributed by atoms with Gasteiger partial charge in [-0.15, -0.1) is 33.2 Å². The number of hydrogen-bond donors (Lipinski definition) is 0. The molecule has 0 spiro atoms. The van der Waals surface area contributed by atoms with Crippen molar-refractivity contribution < 1.29 is 35.9 Å². The van der Waals surface area contributed by atoms with Crippen LogP contribution in [0.15, 0.2) is 0 Å². The summed E-state index contributed by atoms with van der Waals surface area (Å²) in [4.78, 5) is 11.2. The van der Waals surface area contributed by atoms with Crippen molar-refractivity contribution in [1.82, 2.24) is 0 Å². The SMILES string of the molecule is O=C(CCCCCCCCCC[Si](Cl)(Cl)Cl)OC(C(F)(F)F)C(F)(F)F. The van der Waals surface area contributed by atoms with Crippen LogP contribution in [0.25, 0.3) is 0 Å². The Kier molecular flexibility index (Phi) is 11.9. The molecule has 12 heteroatoms. The van der Waals surface area contributed by atoms with Crippen LogP contribution in [0, 0.1) is 0 Å². The molecule has 0 aliphatic carbocycles. The van der Waals surface area contributed by atoms with Gasteiger partial charge in [0.2, 0.25) is 0 Å². The summed E-state index contributed by atoms with van der Waals surface area (Å²) in [6.45, 7) is 0. The Morgan fingerprint density at radius 2 is 1.15 bits per heavy atom. The quantitative estimate of drug-likeness (QED) is 0.0994. The van der Waals surface area contributed by atoms with Crippen molar-refractivity contribution >= 4 is 45.2 Å². The molecule has 0 aromatic rings. The lowest BCUT2D eigenvalue weighted by Crippen LogP contribution is -2.45. The Morgan fingerprint density at radius 3 is 1.54 bits per heavy atom. The van der Waals surface area contributed by atoms with Gasteiger partial charge >= 0.3 is 24.3 Å². The maximum Gasteiger partial charge on any atom is 0.434 e. The molecule has 0 atom stereocenters. The van der Waals surface area contributed by atoms with Gasteiger partial charge in [0.1, 0.15) is 0 Å². The molecule has 0 aromatic heterocycles. The Bertz CT molecular complexity index is 399. The molecule has 0 N–H and O–H groups in total. The second kappa shape index (κ2) is 11.9. The normalized spacial score (nSPS) is 13.3. The number of esters is 1. The lowest BCUT2D eigenvalue weighted by molar-refractivity contribution is -0.313. The van der Waals surface area contributed by atoms with Crippen LogP contribution in [0.4, 0.5) is 26.3 Å². The van der Waals surface area contributed by atoms with Crippen molar-refractivity contribution in [2.24, 2.45) is 0 Å². The van der Waals surface area contributed by atoms with Gasteiger partial charge in [-0.1, -0.05) is 44.9 Å². The molecule has 0 radical (unpaired) electrons. The lowest BCUT2D eigenvalue weighted by atomic mass is 10.1. The Labute approximate surface area is 163 Å². The van der Waals surface area contributed by atoms with Crippen LogP contribution in [-0.2, 0) is 9.53 Å². The van der Waals surface area contributed by atoms with Gasteiger partial charge in [-0.05, 0) is 12.5 Å². The molecular weight excluding hydrogens is 449 g/mol. The summed E-state index contributed by atoms with van der Waals surface area (Å²) in [5, 5.41) is 0. The number of alkyl halides is 6. The van der Waals surface area contributed by atoms with E-state index in [1.54, 1.807) is 0 Å². The van der Waals surface area contributed by atoms with E-state index in [0.29, 0.717) is 12.5 Å². The molecular formula is C14H21Cl3F6O2Si. The number of rotatable bonds is 12. The highest BCUT2D eigenvalue weighted by Crippen LogP contribution is 2.36. The Hall–Kier alpha value is 0.137. The number of halogens is 9. The molecule has 0 amide bonds. The van der Waals surface area contributed by atoms with Crippen molar-refractivity contribution in [3.05, 3.63) is 0 Å². The van der Waals surface area contributed by atoms with Crippen molar-refractivity contribution in [2.75, 3.05) is 0 Å². The minimum atomic E-state index is -5.67. The average Bonchev–Trinajstić information content (AvgIpc) is 2.43. The zero-order valence-electron chi connectivity index (χ0n) is 13.9. The first kappa shape index (κ1) is 26.1. The van der Waals surface area contributed by atoms with E-state index in [2.05, 4.69) is 4.74 Å². The maximum atomic E-state index is 12.2. The van der Waals surface area contributed by atoms with E-state index < -0.39 is 36.8 Å². The van der Waals surface area contributed by atoms with Gasteiger partial charge in [-0.3, -0.25) is 4.79 Å². The van der Waals surface area contributed by atoms with Gasteiger partial charge in [-0.2, -0.15) is 26.3 Å². The van der Waals surface area contributed by atoms with E-state index in [0.717, 1.165) is 38.5 Å². The molecule has 0 rings (SSSR count). The summed E-state index contributed by atoms with van der Waals surface area (Å²) in [6, 6.07) is -1.95. The molecule has 0 aliphatic rings. The fourth-order valence-corrected chi connectivity index (χ4v) is 4.02. The van der Waals surface area contributed by atoms with Gasteiger partial charge in [-0.25, -0.2) is 0 Å². The summed E-state index contributed by atoms with van der Waals surface area (Å²) in [5.41, 5.74) is 0. The standard InChI is InChI=1S/C14H21Cl3F6O2Si/c15-26(16,17)10-8-6-4-2-1-3-5-7-9-11(24)25-12(13(18,19)20)14(21,22)23/h12H,1-10H2. The largest absolute Gasteiger partial charge is 0.443 e. The van der Waals surface area contributed by atoms with Crippen LogP contribution in [0.3, 0.4) is 0 Å². The zero-order chi connectivity index (χ0) is 20.4. The molecule has 156 valence electrons. The first-order chi connectivity index (χ1) is 11.7. The van der Waals surface area contributed by atoms with Gasteiger partial charge in [0.15, 0.2) is 0 Å². The van der Waals surface area contributed by atoms with Gasteiger partial charge < -0.3 is 4.74 Å². The molecule has 0 aliphatic heterocycles. The maximum absolute atomic E-state index is 12.2. The molecule has 0 bridgehead atoms. The summed E-state index contributed by atoms with van der Waals surface area (Å²) in [6.07, 6.45) is -9.95. The third-order valence-electron chi connectivity index (χ3n) is 3.44. The van der Waals surface area contributed by atoms with Gasteiger partial charge in [0.05, 0.1) is 0 Å². The van der Waals surface area contributed by atoms with E-state index in [9.17, 15) is 31.1 Å². The molecule has 0 saturated heterocycles. The van der Waals surface area contributed by atoms with Crippen molar-refractivity contribution in [3.63, 3.8) is 0 Å². The molecule has 0 heterocycles. The predicted octanol–water partition coefficient (Wildman–Crippen LogP) is 7.19. The topological polar surface area (TPSA) is 26.3 Å². The molecule has 2 nitrogen and oxygen atoms in total. The van der Waals surface area contributed by atoms with Crippen LogP contribution in [-0.4, -0.2) is 30.4 Å². The number of ether oxygens (including phenoxy) is 1. The van der Waals surface area contributed by atoms with Crippen LogP contribution >= 0.6 is 33.2 Å². The van der Waals surface area contributed by atoms with Crippen LogP contribution in [0.5, 0.6) is 0 Å². The van der Waals surface area contributed by atoms with E-state index in [4.69, 9.17) is 33.2 Å². The van der Waals surface area contributed by atoms with Crippen molar-refractivity contribution in [1.29, 1.82) is 0 Å². The monoisotopic (exact) mass is 468 g/mol. The predicted molar refractivity (Wildman–Crippen MR) is 91.7 cm³/mol. The number of hydrogen-bond acceptors (Lipinski definition) is 2. The van der Waals surface area contributed by atoms with E-state index in [-0.39, 0.29) is 6.42 Å². The van der Waals surface area contributed by atoms with E-state index in [1.807, 2.05) is 0 Å². The fraction of sp³-hybridized carbons (Fsp3) is 0.929. The van der Waals surface area contributed by atoms with E-state index in [1.165, 1.54) is 0 Å². The van der Waals surface area contributed by atoms with Crippen LogP contribution in [0.1, 0.15) is 57.8 Å². The lowest BCUT2D eigenvalue weighted by Gasteiger charge is -2.22. The molecule has 26 heavy (non-hydrogen) atoms. The molecule has 0 saturated carbocycles. The van der Waals surface area contributed by atoms with E-state index >= 15 is 0 Å². The summed E-state index contributed by atoms with van der Waals surface area (Å²) >= 11 is 17.2. The van der Waals surface area contributed by atoms with Crippen LogP contribution < -0.4 is 0 Å². The summed E-state index contributed by atoms with van der Waals surface area (Å²) in [5.74, 6) is -1.50. The Balaban J connectivity index is 3.77. The fourth-order valence-electron chi connectivity index (χ4n) is 2.17. The highest BCUT2D eigenvalue weighted by atomic mass is 35.8. The third-order valence-corrected chi connectivity index (χ3v) is 6.06. The highest BCUT2D eigenvalue weighted by molar-refractivity contribution is 7.64. The van der Waals surface area contributed by atoms with Crippen molar-refractivity contribution in [3.8, 4) is 0 Å². The minimum absolute atomic E-state index is 0.181. The highest BCUT2D eigenvalue weighted by Gasteiger charge is 2.59. The number of carbonyl (C=O) groups is 1. The van der Waals surface area contributed by atoms with Gasteiger partial charge in [0.25, 0.3) is 6.10 Å². The van der Waals surface area contributed by atoms with Crippen molar-refractivity contribution in [2.45, 2.75) is 82.3 Å². The summed E-state index contributed by atoms with van der Waals surface area (Å²) < 4.78 is 77.0. The first-order valence-corrected chi connectivity index (χ1v) is 13.4. The molecule has 0 unspecified atom stereocenters. The molecule has 0 aromatic carbocycles. The summed E-state index contributed by atoms with van der Waals surface area (Å²) in [7, 11) is 0. The second-order valence-corrected chi connectivity index (χ2v) is 15.2. The smallest absolute Gasteiger partial charge is 0.434 e. The minimum Gasteiger partial charge on any atom is -0.443 e. The van der Waals surface area contributed by atoms with Gasteiger partial charge in [0, 0.05) is 6.42 Å². The first-order valence-electron chi connectivity index (χ1n) is 8.13. The second-order valence-electron chi connectivity index (χ2n) is 5.90. The average molecular weight is 470 g/mol. The number of unbranched alkanes of at least 4 members (excludes halogenated alkanes) is 7. The number of carbonyl (C=O) groups excluding carboxylic acids is 1.